The minimum Gasteiger partial charge on any atom is -0.394 e. The van der Waals surface area contributed by atoms with Gasteiger partial charge in [0.25, 0.3) is 5.91 Å². The normalized spacial score (nSPS) is 12.2. The highest BCUT2D eigenvalue weighted by atomic mass is 16.3. The number of aromatic nitrogens is 2. The molecule has 0 aliphatic rings. The number of amides is 1. The zero-order chi connectivity index (χ0) is 14.5. The lowest BCUT2D eigenvalue weighted by molar-refractivity contribution is 0.0915. The lowest BCUT2D eigenvalue weighted by Gasteiger charge is -2.16. The van der Waals surface area contributed by atoms with Gasteiger partial charge in [-0.3, -0.25) is 9.48 Å². The molecule has 0 saturated carbocycles. The number of aliphatic hydroxyl groups excluding tert-OH is 1. The monoisotopic (exact) mass is 273 g/mol. The van der Waals surface area contributed by atoms with Crippen LogP contribution in [0.3, 0.4) is 0 Å². The molecule has 0 unspecified atom stereocenters. The van der Waals surface area contributed by atoms with Gasteiger partial charge in [0.2, 0.25) is 0 Å². The van der Waals surface area contributed by atoms with Crippen LogP contribution in [0, 0.1) is 6.92 Å². The molecule has 0 bridgehead atoms. The van der Waals surface area contributed by atoms with Crippen LogP contribution < -0.4 is 5.32 Å². The lowest BCUT2D eigenvalue weighted by atomic mass is 10.1. The number of aryl methyl sites for hydroxylation is 1. The van der Waals surface area contributed by atoms with Gasteiger partial charge in [-0.15, -0.1) is 0 Å². The fourth-order valence-corrected chi connectivity index (χ4v) is 2.04. The van der Waals surface area contributed by atoms with Crippen molar-refractivity contribution in [2.24, 2.45) is 7.05 Å². The van der Waals surface area contributed by atoms with Crippen molar-refractivity contribution in [3.05, 3.63) is 53.3 Å². The van der Waals surface area contributed by atoms with Gasteiger partial charge >= 0.3 is 0 Å². The van der Waals surface area contributed by atoms with Crippen molar-refractivity contribution < 1.29 is 9.90 Å². The number of hydrogen-bond donors (Lipinski definition) is 2. The predicted molar refractivity (Wildman–Crippen MR) is 76.4 cm³/mol. The van der Waals surface area contributed by atoms with Crippen molar-refractivity contribution in [2.75, 3.05) is 6.61 Å². The van der Waals surface area contributed by atoms with E-state index in [1.54, 1.807) is 17.9 Å². The number of nitrogens with one attached hydrogen (secondary N) is 1. The minimum absolute atomic E-state index is 0.0973. The molecule has 1 amide bonds. The van der Waals surface area contributed by atoms with E-state index < -0.39 is 0 Å². The summed E-state index contributed by atoms with van der Waals surface area (Å²) in [5.41, 5.74) is 2.42. The Kier molecular flexibility index (Phi) is 4.53. The Morgan fingerprint density at radius 1 is 1.40 bits per heavy atom. The third-order valence-corrected chi connectivity index (χ3v) is 3.36. The molecule has 1 atom stereocenters. The second kappa shape index (κ2) is 6.34. The van der Waals surface area contributed by atoms with Crippen molar-refractivity contribution >= 4 is 5.91 Å². The van der Waals surface area contributed by atoms with Gasteiger partial charge in [-0.2, -0.15) is 5.10 Å². The fourth-order valence-electron chi connectivity index (χ4n) is 2.04. The number of aliphatic hydroxyl groups is 1. The van der Waals surface area contributed by atoms with Gasteiger partial charge in [0, 0.05) is 12.7 Å². The van der Waals surface area contributed by atoms with Crippen molar-refractivity contribution in [3.63, 3.8) is 0 Å². The first-order valence-corrected chi connectivity index (χ1v) is 6.56. The van der Waals surface area contributed by atoms with Crippen LogP contribution in [-0.2, 0) is 13.5 Å². The summed E-state index contributed by atoms with van der Waals surface area (Å²) in [5.74, 6) is -0.203. The van der Waals surface area contributed by atoms with Gasteiger partial charge in [-0.25, -0.2) is 0 Å². The van der Waals surface area contributed by atoms with Crippen LogP contribution in [0.15, 0.2) is 36.5 Å². The van der Waals surface area contributed by atoms with Crippen molar-refractivity contribution in [2.45, 2.75) is 19.4 Å². The van der Waals surface area contributed by atoms with Crippen molar-refractivity contribution in [3.8, 4) is 0 Å². The average Bonchev–Trinajstić information content (AvgIpc) is 2.79. The maximum absolute atomic E-state index is 12.2. The molecular weight excluding hydrogens is 254 g/mol. The molecule has 5 heteroatoms. The first-order chi connectivity index (χ1) is 9.61. The Bertz CT molecular complexity index is 578. The van der Waals surface area contributed by atoms with Crippen LogP contribution in [0.5, 0.6) is 0 Å². The molecule has 2 N–H and O–H groups in total. The predicted octanol–water partition coefficient (Wildman–Crippen LogP) is 1.06. The smallest absolute Gasteiger partial charge is 0.255 e. The topological polar surface area (TPSA) is 67.2 Å². The van der Waals surface area contributed by atoms with E-state index in [4.69, 9.17) is 0 Å². The maximum atomic E-state index is 12.2. The standard InChI is InChI=1S/C15H19N3O2/c1-11-14(9-16-18(11)2)15(20)17-13(10-19)8-12-6-4-3-5-7-12/h3-7,9,13,19H,8,10H2,1-2H3,(H,17,20)/t13-/m0/s1. The molecule has 2 aromatic rings. The molecule has 5 nitrogen and oxygen atoms in total. The first kappa shape index (κ1) is 14.3. The Morgan fingerprint density at radius 2 is 2.10 bits per heavy atom. The van der Waals surface area contributed by atoms with Crippen molar-refractivity contribution in [1.29, 1.82) is 0 Å². The summed E-state index contributed by atoms with van der Waals surface area (Å²) in [7, 11) is 1.79. The van der Waals surface area contributed by atoms with E-state index in [2.05, 4.69) is 10.4 Å². The molecule has 106 valence electrons. The molecule has 0 aliphatic heterocycles. The molecule has 0 aliphatic carbocycles. The van der Waals surface area contributed by atoms with Crippen LogP contribution in [0.2, 0.25) is 0 Å². The molecule has 0 radical (unpaired) electrons. The zero-order valence-electron chi connectivity index (χ0n) is 11.7. The van der Waals surface area contributed by atoms with Gasteiger partial charge in [0.05, 0.1) is 24.4 Å². The summed E-state index contributed by atoms with van der Waals surface area (Å²) in [6.07, 6.45) is 2.14. The third kappa shape index (κ3) is 3.24. The number of benzene rings is 1. The molecule has 1 heterocycles. The SMILES string of the molecule is Cc1c(C(=O)N[C@H](CO)Cc2ccccc2)cnn1C. The summed E-state index contributed by atoms with van der Waals surface area (Å²) < 4.78 is 1.65. The quantitative estimate of drug-likeness (QED) is 0.856. The highest BCUT2D eigenvalue weighted by Gasteiger charge is 2.17. The van der Waals surface area contributed by atoms with E-state index in [9.17, 15) is 9.90 Å². The van der Waals surface area contributed by atoms with Crippen LogP contribution in [-0.4, -0.2) is 33.4 Å². The van der Waals surface area contributed by atoms with Crippen molar-refractivity contribution in [1.82, 2.24) is 15.1 Å². The van der Waals surface area contributed by atoms with E-state index in [0.717, 1.165) is 11.3 Å². The van der Waals surface area contributed by atoms with Gasteiger partial charge in [-0.1, -0.05) is 30.3 Å². The Hall–Kier alpha value is -2.14. The van der Waals surface area contributed by atoms with Gasteiger partial charge < -0.3 is 10.4 Å². The molecule has 0 fully saturated rings. The van der Waals surface area contributed by atoms with E-state index in [1.807, 2.05) is 37.3 Å². The fraction of sp³-hybridized carbons (Fsp3) is 0.333. The Morgan fingerprint density at radius 3 is 2.65 bits per heavy atom. The first-order valence-electron chi connectivity index (χ1n) is 6.56. The van der Waals surface area contributed by atoms with Gasteiger partial charge in [0.15, 0.2) is 0 Å². The average molecular weight is 273 g/mol. The molecule has 0 saturated heterocycles. The molecule has 1 aromatic heterocycles. The second-order valence-corrected chi connectivity index (χ2v) is 4.81. The largest absolute Gasteiger partial charge is 0.394 e. The summed E-state index contributed by atoms with van der Waals surface area (Å²) in [4.78, 5) is 12.2. The molecule has 2 rings (SSSR count). The number of carbonyl (C=O) groups excluding carboxylic acids is 1. The summed E-state index contributed by atoms with van der Waals surface area (Å²) >= 11 is 0. The number of carbonyl (C=O) groups is 1. The van der Waals surface area contributed by atoms with E-state index in [0.29, 0.717) is 12.0 Å². The van der Waals surface area contributed by atoms with E-state index >= 15 is 0 Å². The number of hydrogen-bond acceptors (Lipinski definition) is 3. The number of rotatable bonds is 5. The highest BCUT2D eigenvalue weighted by molar-refractivity contribution is 5.95. The van der Waals surface area contributed by atoms with E-state index in [-0.39, 0.29) is 18.6 Å². The van der Waals surface area contributed by atoms with Gasteiger partial charge in [-0.05, 0) is 18.9 Å². The maximum Gasteiger partial charge on any atom is 0.255 e. The lowest BCUT2D eigenvalue weighted by Crippen LogP contribution is -2.39. The van der Waals surface area contributed by atoms with E-state index in [1.165, 1.54) is 0 Å². The second-order valence-electron chi connectivity index (χ2n) is 4.81. The minimum atomic E-state index is -0.301. The third-order valence-electron chi connectivity index (χ3n) is 3.36. The van der Waals surface area contributed by atoms with Gasteiger partial charge in [0.1, 0.15) is 0 Å². The highest BCUT2D eigenvalue weighted by Crippen LogP contribution is 2.07. The summed E-state index contributed by atoms with van der Waals surface area (Å²) in [6.45, 7) is 1.74. The zero-order valence-corrected chi connectivity index (χ0v) is 11.7. The number of nitrogens with zero attached hydrogens (tertiary/aromatic N) is 2. The molecule has 1 aromatic carbocycles. The molecule has 0 spiro atoms. The summed E-state index contributed by atoms with van der Waals surface area (Å²) in [6, 6.07) is 9.47. The summed E-state index contributed by atoms with van der Waals surface area (Å²) in [5, 5.41) is 16.3. The molecular formula is C15H19N3O2. The molecule has 20 heavy (non-hydrogen) atoms. The Labute approximate surface area is 118 Å². The van der Waals surface area contributed by atoms with Crippen LogP contribution in [0.4, 0.5) is 0 Å². The van der Waals surface area contributed by atoms with Crippen LogP contribution in [0.1, 0.15) is 21.6 Å². The van der Waals surface area contributed by atoms with Crippen LogP contribution in [0.25, 0.3) is 0 Å². The van der Waals surface area contributed by atoms with Crippen LogP contribution >= 0.6 is 0 Å². The Balaban J connectivity index is 2.03.